The molecule has 0 aliphatic carbocycles. The van der Waals surface area contributed by atoms with Gasteiger partial charge in [-0.1, -0.05) is 68.4 Å². The van der Waals surface area contributed by atoms with Gasteiger partial charge in [-0.3, -0.25) is 0 Å². The van der Waals surface area contributed by atoms with Gasteiger partial charge in [0.25, 0.3) is 0 Å². The standard InChI is InChI=1S/C28H41N3O4/c1-21(2)15-17-31(18-16-29-27(34)35-28(3,4)5)26(33)30-25(20-32)19-22-11-13-24(14-12-22)23-9-7-6-8-10-23/h6-14,21,25,32H,15-20H2,1-5H3,(H,29,34)(H,30,33)/t25-/m0/s1. The van der Waals surface area contributed by atoms with Crippen LogP contribution in [-0.4, -0.2) is 60.0 Å². The van der Waals surface area contributed by atoms with Crippen molar-refractivity contribution in [1.82, 2.24) is 15.5 Å². The Morgan fingerprint density at radius 3 is 2.17 bits per heavy atom. The van der Waals surface area contributed by atoms with Crippen LogP contribution < -0.4 is 10.6 Å². The van der Waals surface area contributed by atoms with Crippen LogP contribution in [0, 0.1) is 5.92 Å². The number of alkyl carbamates (subject to hydrolysis) is 1. The highest BCUT2D eigenvalue weighted by Crippen LogP contribution is 2.19. The van der Waals surface area contributed by atoms with E-state index in [1.165, 1.54) is 0 Å². The lowest BCUT2D eigenvalue weighted by Crippen LogP contribution is -2.49. The molecule has 0 aliphatic heterocycles. The molecule has 2 rings (SSSR count). The molecular formula is C28H41N3O4. The van der Waals surface area contributed by atoms with Crippen LogP contribution >= 0.6 is 0 Å². The van der Waals surface area contributed by atoms with Crippen molar-refractivity contribution in [3.63, 3.8) is 0 Å². The molecule has 0 heterocycles. The van der Waals surface area contributed by atoms with Gasteiger partial charge in [0.05, 0.1) is 12.6 Å². The number of benzene rings is 2. The highest BCUT2D eigenvalue weighted by atomic mass is 16.6. The molecular weight excluding hydrogens is 442 g/mol. The summed E-state index contributed by atoms with van der Waals surface area (Å²) in [6.07, 6.45) is 0.852. The second-order valence-corrected chi connectivity index (χ2v) is 10.2. The lowest BCUT2D eigenvalue weighted by atomic mass is 10.0. The fourth-order valence-corrected chi connectivity index (χ4v) is 3.51. The smallest absolute Gasteiger partial charge is 0.407 e. The number of aliphatic hydroxyl groups is 1. The number of nitrogens with zero attached hydrogens (tertiary/aromatic N) is 1. The summed E-state index contributed by atoms with van der Waals surface area (Å²) in [5.41, 5.74) is 2.72. The Bertz CT molecular complexity index is 908. The maximum absolute atomic E-state index is 13.0. The van der Waals surface area contributed by atoms with Gasteiger partial charge in [0, 0.05) is 19.6 Å². The molecule has 0 saturated carbocycles. The van der Waals surface area contributed by atoms with Gasteiger partial charge >= 0.3 is 12.1 Å². The van der Waals surface area contributed by atoms with E-state index in [0.29, 0.717) is 25.4 Å². The fourth-order valence-electron chi connectivity index (χ4n) is 3.51. The molecule has 0 saturated heterocycles. The zero-order valence-corrected chi connectivity index (χ0v) is 21.7. The quantitative estimate of drug-likeness (QED) is 0.427. The SMILES string of the molecule is CC(C)CCN(CCNC(=O)OC(C)(C)C)C(=O)N[C@H](CO)Cc1ccc(-c2ccccc2)cc1. The van der Waals surface area contributed by atoms with Crippen LogP contribution in [0.5, 0.6) is 0 Å². The predicted molar refractivity (Wildman–Crippen MR) is 140 cm³/mol. The number of hydrogen-bond donors (Lipinski definition) is 3. The second-order valence-electron chi connectivity index (χ2n) is 10.2. The number of urea groups is 1. The molecule has 0 radical (unpaired) electrons. The summed E-state index contributed by atoms with van der Waals surface area (Å²) in [6, 6.07) is 17.6. The number of nitrogens with one attached hydrogen (secondary N) is 2. The number of carbonyl (C=O) groups excluding carboxylic acids is 2. The summed E-state index contributed by atoms with van der Waals surface area (Å²) >= 11 is 0. The van der Waals surface area contributed by atoms with Crippen molar-refractivity contribution in [3.8, 4) is 11.1 Å². The Labute approximate surface area is 209 Å². The fraction of sp³-hybridized carbons (Fsp3) is 0.500. The van der Waals surface area contributed by atoms with Gasteiger partial charge in [0.15, 0.2) is 0 Å². The molecule has 3 N–H and O–H groups in total. The molecule has 3 amide bonds. The summed E-state index contributed by atoms with van der Waals surface area (Å²) in [5, 5.41) is 15.6. The molecule has 0 fully saturated rings. The number of amides is 3. The number of rotatable bonds is 11. The third kappa shape index (κ3) is 10.8. The summed E-state index contributed by atoms with van der Waals surface area (Å²) in [4.78, 5) is 26.6. The van der Waals surface area contributed by atoms with Gasteiger partial charge in [-0.05, 0) is 56.2 Å². The van der Waals surface area contributed by atoms with E-state index in [9.17, 15) is 14.7 Å². The molecule has 1 atom stereocenters. The average Bonchev–Trinajstić information content (AvgIpc) is 2.80. The Morgan fingerprint density at radius 1 is 0.971 bits per heavy atom. The molecule has 0 unspecified atom stereocenters. The zero-order valence-electron chi connectivity index (χ0n) is 21.7. The Kier molecular flexibility index (Phi) is 11.1. The monoisotopic (exact) mass is 483 g/mol. The molecule has 0 spiro atoms. The largest absolute Gasteiger partial charge is 0.444 e. The van der Waals surface area contributed by atoms with Gasteiger partial charge in [0.2, 0.25) is 0 Å². The van der Waals surface area contributed by atoms with Crippen molar-refractivity contribution in [1.29, 1.82) is 0 Å². The first-order valence-electron chi connectivity index (χ1n) is 12.3. The van der Waals surface area contributed by atoms with E-state index in [0.717, 1.165) is 23.1 Å². The normalized spacial score (nSPS) is 12.2. The molecule has 0 aromatic heterocycles. The summed E-state index contributed by atoms with van der Waals surface area (Å²) in [5.74, 6) is 0.431. The van der Waals surface area contributed by atoms with E-state index < -0.39 is 17.7 Å². The Balaban J connectivity index is 1.94. The van der Waals surface area contributed by atoms with Crippen LogP contribution in [0.3, 0.4) is 0 Å². The minimum Gasteiger partial charge on any atom is -0.444 e. The van der Waals surface area contributed by atoms with E-state index in [-0.39, 0.29) is 19.2 Å². The van der Waals surface area contributed by atoms with Crippen molar-refractivity contribution >= 4 is 12.1 Å². The molecule has 192 valence electrons. The summed E-state index contributed by atoms with van der Waals surface area (Å²) in [7, 11) is 0. The van der Waals surface area contributed by atoms with Gasteiger partial charge in [-0.25, -0.2) is 9.59 Å². The zero-order chi connectivity index (χ0) is 25.8. The van der Waals surface area contributed by atoms with Gasteiger partial charge in [-0.2, -0.15) is 0 Å². The van der Waals surface area contributed by atoms with Crippen molar-refractivity contribution in [2.45, 2.75) is 59.1 Å². The molecule has 35 heavy (non-hydrogen) atoms. The molecule has 0 bridgehead atoms. The van der Waals surface area contributed by atoms with E-state index in [4.69, 9.17) is 4.74 Å². The first-order valence-corrected chi connectivity index (χ1v) is 12.3. The van der Waals surface area contributed by atoms with Crippen LogP contribution in [0.1, 0.15) is 46.6 Å². The maximum Gasteiger partial charge on any atom is 0.407 e. The third-order valence-corrected chi connectivity index (χ3v) is 5.40. The maximum atomic E-state index is 13.0. The first-order chi connectivity index (χ1) is 16.6. The van der Waals surface area contributed by atoms with Crippen molar-refractivity contribution in [3.05, 3.63) is 60.2 Å². The van der Waals surface area contributed by atoms with Crippen molar-refractivity contribution in [2.75, 3.05) is 26.2 Å². The van der Waals surface area contributed by atoms with Gasteiger partial charge in [-0.15, -0.1) is 0 Å². The minimum absolute atomic E-state index is 0.166. The van der Waals surface area contributed by atoms with Crippen LogP contribution in [0.4, 0.5) is 9.59 Å². The van der Waals surface area contributed by atoms with Crippen molar-refractivity contribution < 1.29 is 19.4 Å². The molecule has 7 heteroatoms. The predicted octanol–water partition coefficient (Wildman–Crippen LogP) is 4.84. The Morgan fingerprint density at radius 2 is 1.60 bits per heavy atom. The van der Waals surface area contributed by atoms with E-state index >= 15 is 0 Å². The lowest BCUT2D eigenvalue weighted by molar-refractivity contribution is 0.0523. The first kappa shape index (κ1) is 28.2. The minimum atomic E-state index is -0.577. The third-order valence-electron chi connectivity index (χ3n) is 5.40. The molecule has 2 aromatic carbocycles. The average molecular weight is 484 g/mol. The highest BCUT2D eigenvalue weighted by Gasteiger charge is 2.20. The number of aliphatic hydroxyl groups excluding tert-OH is 1. The number of carbonyl (C=O) groups is 2. The van der Waals surface area contributed by atoms with Gasteiger partial charge < -0.3 is 25.4 Å². The Hall–Kier alpha value is -3.06. The van der Waals surface area contributed by atoms with E-state index in [1.807, 2.05) is 30.3 Å². The number of hydrogen-bond acceptors (Lipinski definition) is 4. The van der Waals surface area contributed by atoms with Crippen LogP contribution in [0.25, 0.3) is 11.1 Å². The van der Waals surface area contributed by atoms with Crippen LogP contribution in [-0.2, 0) is 11.2 Å². The molecule has 0 aliphatic rings. The number of ether oxygens (including phenoxy) is 1. The lowest BCUT2D eigenvalue weighted by Gasteiger charge is -2.27. The summed E-state index contributed by atoms with van der Waals surface area (Å²) < 4.78 is 5.26. The molecule has 2 aromatic rings. The summed E-state index contributed by atoms with van der Waals surface area (Å²) in [6.45, 7) is 10.6. The van der Waals surface area contributed by atoms with E-state index in [1.54, 1.807) is 25.7 Å². The molecule has 7 nitrogen and oxygen atoms in total. The topological polar surface area (TPSA) is 90.9 Å². The second kappa shape index (κ2) is 13.7. The van der Waals surface area contributed by atoms with Gasteiger partial charge in [0.1, 0.15) is 5.60 Å². The van der Waals surface area contributed by atoms with Crippen LogP contribution in [0.2, 0.25) is 0 Å². The van der Waals surface area contributed by atoms with Crippen LogP contribution in [0.15, 0.2) is 54.6 Å². The van der Waals surface area contributed by atoms with Crippen molar-refractivity contribution in [2.24, 2.45) is 5.92 Å². The highest BCUT2D eigenvalue weighted by molar-refractivity contribution is 5.75. The van der Waals surface area contributed by atoms with E-state index in [2.05, 4.69) is 48.7 Å².